The van der Waals surface area contributed by atoms with Crippen molar-refractivity contribution >= 4 is 11.8 Å². The fourth-order valence-electron chi connectivity index (χ4n) is 2.38. The Labute approximate surface area is 140 Å². The molecular weight excluding hydrogens is 302 g/mol. The van der Waals surface area contributed by atoms with Crippen molar-refractivity contribution in [3.63, 3.8) is 0 Å². The molecule has 0 heterocycles. The highest BCUT2D eigenvalue weighted by Crippen LogP contribution is 2.27. The highest BCUT2D eigenvalue weighted by molar-refractivity contribution is 6.04. The number of carbonyl (C=O) groups is 2. The molecular formula is C19H15N3O2. The zero-order valence-corrected chi connectivity index (χ0v) is 12.8. The number of carbonyl (C=O) groups excluding carboxylic acids is 2. The molecule has 0 spiro atoms. The van der Waals surface area contributed by atoms with Gasteiger partial charge >= 0.3 is 0 Å². The van der Waals surface area contributed by atoms with Crippen molar-refractivity contribution in [2.75, 3.05) is 0 Å². The van der Waals surface area contributed by atoms with Crippen molar-refractivity contribution in [3.05, 3.63) is 71.8 Å². The summed E-state index contributed by atoms with van der Waals surface area (Å²) in [4.78, 5) is 24.2. The Balaban J connectivity index is 2.12. The van der Waals surface area contributed by atoms with Gasteiger partial charge in [-0.1, -0.05) is 48.5 Å². The molecule has 0 aliphatic carbocycles. The zero-order valence-electron chi connectivity index (χ0n) is 12.8. The first-order valence-electron chi connectivity index (χ1n) is 7.39. The maximum atomic E-state index is 12.2. The van der Waals surface area contributed by atoms with E-state index >= 15 is 0 Å². The topological polar surface area (TPSA) is 93.8 Å². The van der Waals surface area contributed by atoms with Crippen LogP contribution in [0.4, 0.5) is 0 Å². The molecule has 2 aromatic carbocycles. The Morgan fingerprint density at radius 2 is 1.46 bits per heavy atom. The second-order valence-electron chi connectivity index (χ2n) is 5.20. The van der Waals surface area contributed by atoms with Gasteiger partial charge in [-0.3, -0.25) is 14.9 Å². The Morgan fingerprint density at radius 3 is 2.00 bits per heavy atom. The van der Waals surface area contributed by atoms with Gasteiger partial charge in [-0.25, -0.2) is 0 Å². The van der Waals surface area contributed by atoms with E-state index in [1.165, 1.54) is 0 Å². The molecule has 1 N–H and O–H groups in total. The van der Waals surface area contributed by atoms with Crippen LogP contribution in [0.3, 0.4) is 0 Å². The van der Waals surface area contributed by atoms with Crippen LogP contribution in [-0.2, 0) is 4.79 Å². The first-order chi connectivity index (χ1) is 11.7. The summed E-state index contributed by atoms with van der Waals surface area (Å²) in [7, 11) is 0. The van der Waals surface area contributed by atoms with E-state index in [1.807, 2.05) is 18.2 Å². The predicted octanol–water partition coefficient (Wildman–Crippen LogP) is 2.78. The molecule has 2 amide bonds. The molecule has 5 nitrogen and oxygen atoms in total. The third kappa shape index (κ3) is 4.28. The van der Waals surface area contributed by atoms with Crippen LogP contribution < -0.4 is 5.32 Å². The van der Waals surface area contributed by atoms with E-state index in [2.05, 4.69) is 5.32 Å². The lowest BCUT2D eigenvalue weighted by Gasteiger charge is -2.17. The Hall–Kier alpha value is -3.44. The lowest BCUT2D eigenvalue weighted by atomic mass is 9.85. The van der Waals surface area contributed by atoms with E-state index in [0.717, 1.165) is 0 Å². The van der Waals surface area contributed by atoms with Crippen molar-refractivity contribution < 1.29 is 9.59 Å². The molecule has 5 heteroatoms. The molecule has 0 aliphatic heterocycles. The summed E-state index contributed by atoms with van der Waals surface area (Å²) in [6, 6.07) is 21.1. The summed E-state index contributed by atoms with van der Waals surface area (Å²) in [6.45, 7) is 0. The summed E-state index contributed by atoms with van der Waals surface area (Å²) < 4.78 is 0. The molecule has 118 valence electrons. The van der Waals surface area contributed by atoms with E-state index < -0.39 is 23.7 Å². The number of nitriles is 2. The van der Waals surface area contributed by atoms with Crippen LogP contribution in [-0.4, -0.2) is 11.8 Å². The summed E-state index contributed by atoms with van der Waals surface area (Å²) in [5, 5.41) is 20.6. The van der Waals surface area contributed by atoms with Crippen LogP contribution in [0.5, 0.6) is 0 Å². The third-order valence-electron chi connectivity index (χ3n) is 3.60. The number of hydrogen-bond donors (Lipinski definition) is 1. The second kappa shape index (κ2) is 8.26. The highest BCUT2D eigenvalue weighted by atomic mass is 16.2. The lowest BCUT2D eigenvalue weighted by Crippen LogP contribution is -2.32. The van der Waals surface area contributed by atoms with Gasteiger partial charge < -0.3 is 0 Å². The quantitative estimate of drug-likeness (QED) is 0.917. The van der Waals surface area contributed by atoms with E-state index in [1.54, 1.807) is 54.6 Å². The van der Waals surface area contributed by atoms with Gasteiger partial charge in [-0.05, 0) is 17.7 Å². The molecule has 0 aromatic heterocycles. The van der Waals surface area contributed by atoms with Gasteiger partial charge in [0.25, 0.3) is 5.91 Å². The molecule has 0 bridgehead atoms. The third-order valence-corrected chi connectivity index (χ3v) is 3.60. The fraction of sp³-hybridized carbons (Fsp3) is 0.158. The molecule has 0 saturated heterocycles. The van der Waals surface area contributed by atoms with Gasteiger partial charge in [0.05, 0.1) is 12.1 Å². The average Bonchev–Trinajstić information content (AvgIpc) is 2.63. The van der Waals surface area contributed by atoms with Crippen molar-refractivity contribution in [2.24, 2.45) is 5.92 Å². The summed E-state index contributed by atoms with van der Waals surface area (Å²) >= 11 is 0. The van der Waals surface area contributed by atoms with Gasteiger partial charge in [-0.15, -0.1) is 0 Å². The SMILES string of the molecule is N#CC(C#N)[C@H](CC(=O)NC(=O)c1ccccc1)c1ccccc1. The number of hydrogen-bond acceptors (Lipinski definition) is 4. The lowest BCUT2D eigenvalue weighted by molar-refractivity contribution is -0.120. The summed E-state index contributed by atoms with van der Waals surface area (Å²) in [6.07, 6.45) is -0.117. The monoisotopic (exact) mass is 317 g/mol. The highest BCUT2D eigenvalue weighted by Gasteiger charge is 2.26. The Bertz CT molecular complexity index is 775. The number of nitrogens with zero attached hydrogens (tertiary/aromatic N) is 2. The molecule has 0 saturated carbocycles. The van der Waals surface area contributed by atoms with Gasteiger partial charge in [0.1, 0.15) is 5.92 Å². The molecule has 2 rings (SSSR count). The second-order valence-corrected chi connectivity index (χ2v) is 5.20. The van der Waals surface area contributed by atoms with Gasteiger partial charge in [-0.2, -0.15) is 10.5 Å². The number of imide groups is 1. The van der Waals surface area contributed by atoms with Crippen LogP contribution in [0.2, 0.25) is 0 Å². The zero-order chi connectivity index (χ0) is 17.4. The maximum Gasteiger partial charge on any atom is 0.257 e. The number of benzene rings is 2. The molecule has 0 radical (unpaired) electrons. The smallest absolute Gasteiger partial charge is 0.257 e. The summed E-state index contributed by atoms with van der Waals surface area (Å²) in [5.74, 6) is -2.58. The van der Waals surface area contributed by atoms with Crippen LogP contribution in [0.1, 0.15) is 28.3 Å². The van der Waals surface area contributed by atoms with Crippen molar-refractivity contribution in [1.82, 2.24) is 5.32 Å². The summed E-state index contributed by atoms with van der Waals surface area (Å²) in [5.41, 5.74) is 1.09. The Morgan fingerprint density at radius 1 is 0.917 bits per heavy atom. The van der Waals surface area contributed by atoms with Crippen LogP contribution in [0.25, 0.3) is 0 Å². The molecule has 0 fully saturated rings. The van der Waals surface area contributed by atoms with Gasteiger partial charge in [0, 0.05) is 17.9 Å². The maximum absolute atomic E-state index is 12.2. The van der Waals surface area contributed by atoms with Gasteiger partial charge in [0.2, 0.25) is 5.91 Å². The van der Waals surface area contributed by atoms with Crippen LogP contribution in [0, 0.1) is 28.6 Å². The molecule has 0 unspecified atom stereocenters. The number of nitrogens with one attached hydrogen (secondary N) is 1. The minimum atomic E-state index is -0.968. The minimum Gasteiger partial charge on any atom is -0.292 e. The average molecular weight is 317 g/mol. The molecule has 2 aromatic rings. The Kier molecular flexibility index (Phi) is 5.82. The van der Waals surface area contributed by atoms with E-state index in [-0.39, 0.29) is 6.42 Å². The normalized spacial score (nSPS) is 11.1. The van der Waals surface area contributed by atoms with Crippen LogP contribution in [0.15, 0.2) is 60.7 Å². The van der Waals surface area contributed by atoms with E-state index in [9.17, 15) is 9.59 Å². The predicted molar refractivity (Wildman–Crippen MR) is 87.4 cm³/mol. The van der Waals surface area contributed by atoms with E-state index in [4.69, 9.17) is 10.5 Å². The first-order valence-corrected chi connectivity index (χ1v) is 7.39. The van der Waals surface area contributed by atoms with E-state index in [0.29, 0.717) is 11.1 Å². The van der Waals surface area contributed by atoms with Crippen LogP contribution >= 0.6 is 0 Å². The largest absolute Gasteiger partial charge is 0.292 e. The fourth-order valence-corrected chi connectivity index (χ4v) is 2.38. The number of amides is 2. The molecule has 24 heavy (non-hydrogen) atoms. The standard InChI is InChI=1S/C19H15N3O2/c20-12-16(13-21)17(14-7-3-1-4-8-14)11-18(23)22-19(24)15-9-5-2-6-10-15/h1-10,16-17H,11H2,(H,22,23,24)/t17-/m1/s1. The number of rotatable bonds is 5. The molecule has 1 atom stereocenters. The first kappa shape index (κ1) is 16.9. The van der Waals surface area contributed by atoms with Crippen molar-refractivity contribution in [3.8, 4) is 12.1 Å². The van der Waals surface area contributed by atoms with Gasteiger partial charge in [0.15, 0.2) is 0 Å². The minimum absolute atomic E-state index is 0.117. The van der Waals surface area contributed by atoms with Crippen molar-refractivity contribution in [1.29, 1.82) is 10.5 Å². The van der Waals surface area contributed by atoms with Crippen molar-refractivity contribution in [2.45, 2.75) is 12.3 Å². The molecule has 0 aliphatic rings.